The van der Waals surface area contributed by atoms with Crippen LogP contribution < -0.4 is 4.72 Å². The van der Waals surface area contributed by atoms with E-state index in [1.807, 2.05) is 5.38 Å². The van der Waals surface area contributed by atoms with Gasteiger partial charge in [-0.2, -0.15) is 16.4 Å². The number of aliphatic hydroxyl groups is 1. The highest BCUT2D eigenvalue weighted by Crippen LogP contribution is 2.31. The minimum Gasteiger partial charge on any atom is -0.466 e. The molecule has 28 heavy (non-hydrogen) atoms. The fourth-order valence-electron chi connectivity index (χ4n) is 2.83. The van der Waals surface area contributed by atoms with Gasteiger partial charge in [-0.1, -0.05) is 0 Å². The zero-order chi connectivity index (χ0) is 19.6. The van der Waals surface area contributed by atoms with E-state index in [9.17, 15) is 13.5 Å². The van der Waals surface area contributed by atoms with Gasteiger partial charge in [0.25, 0.3) is 0 Å². The summed E-state index contributed by atoms with van der Waals surface area (Å²) in [6.07, 6.45) is 4.85. The largest absolute Gasteiger partial charge is 0.466 e. The number of hydrogen-bond donors (Lipinski definition) is 2. The van der Waals surface area contributed by atoms with Crippen LogP contribution in [0.15, 0.2) is 87.3 Å². The Morgan fingerprint density at radius 1 is 1.18 bits per heavy atom. The van der Waals surface area contributed by atoms with Crippen molar-refractivity contribution >= 4 is 21.4 Å². The molecule has 3 aromatic heterocycles. The Bertz CT molecular complexity index is 1080. The molecule has 0 aliphatic heterocycles. The predicted molar refractivity (Wildman–Crippen MR) is 105 cm³/mol. The highest BCUT2D eigenvalue weighted by Gasteiger charge is 2.36. The van der Waals surface area contributed by atoms with Crippen LogP contribution in [0.1, 0.15) is 11.3 Å². The molecule has 0 aliphatic rings. The van der Waals surface area contributed by atoms with Gasteiger partial charge in [0.1, 0.15) is 5.76 Å². The summed E-state index contributed by atoms with van der Waals surface area (Å²) in [7, 11) is -3.84. The summed E-state index contributed by atoms with van der Waals surface area (Å²) in [5.41, 5.74) is -0.301. The van der Waals surface area contributed by atoms with Crippen molar-refractivity contribution in [2.24, 2.45) is 0 Å². The summed E-state index contributed by atoms with van der Waals surface area (Å²) < 4.78 is 35.0. The molecule has 0 radical (unpaired) electrons. The van der Waals surface area contributed by atoms with Crippen LogP contribution in [0.2, 0.25) is 0 Å². The van der Waals surface area contributed by atoms with Crippen LogP contribution in [0, 0.1) is 0 Å². The van der Waals surface area contributed by atoms with Crippen LogP contribution in [0.4, 0.5) is 0 Å². The molecule has 144 valence electrons. The van der Waals surface area contributed by atoms with Crippen molar-refractivity contribution in [1.82, 2.24) is 14.5 Å². The van der Waals surface area contributed by atoms with Gasteiger partial charge in [-0.3, -0.25) is 0 Å². The molecule has 0 spiro atoms. The molecule has 0 aliphatic carbocycles. The molecule has 0 saturated heterocycles. The van der Waals surface area contributed by atoms with Gasteiger partial charge in [0, 0.05) is 18.0 Å². The monoisotopic (exact) mass is 415 g/mol. The van der Waals surface area contributed by atoms with E-state index in [1.54, 1.807) is 58.9 Å². The lowest BCUT2D eigenvalue weighted by Crippen LogP contribution is -2.41. The molecule has 0 saturated carbocycles. The van der Waals surface area contributed by atoms with Crippen molar-refractivity contribution in [3.05, 3.63) is 89.3 Å². The van der Waals surface area contributed by atoms with E-state index in [0.717, 1.165) is 5.69 Å². The third-order valence-electron chi connectivity index (χ3n) is 4.36. The molecule has 1 atom stereocenters. The SMILES string of the molecule is O=S(=O)(NC[C@](O)(c1ccsc1)c1ccco1)c1ccc(-n2cccn2)cc1. The van der Waals surface area contributed by atoms with Gasteiger partial charge in [0.05, 0.1) is 23.4 Å². The van der Waals surface area contributed by atoms with Crippen molar-refractivity contribution in [3.8, 4) is 5.69 Å². The first-order valence-corrected chi connectivity index (χ1v) is 10.8. The van der Waals surface area contributed by atoms with Gasteiger partial charge in [0.2, 0.25) is 10.0 Å². The normalized spacial score (nSPS) is 14.0. The Kier molecular flexibility index (Phi) is 4.90. The molecule has 3 heterocycles. The number of nitrogens with one attached hydrogen (secondary N) is 1. The van der Waals surface area contributed by atoms with E-state index >= 15 is 0 Å². The Morgan fingerprint density at radius 2 is 2.00 bits per heavy atom. The zero-order valence-corrected chi connectivity index (χ0v) is 16.2. The van der Waals surface area contributed by atoms with Crippen molar-refractivity contribution in [2.45, 2.75) is 10.5 Å². The third-order valence-corrected chi connectivity index (χ3v) is 6.46. The van der Waals surface area contributed by atoms with Gasteiger partial charge in [0.15, 0.2) is 5.60 Å². The molecule has 7 nitrogen and oxygen atoms in total. The molecule has 0 fully saturated rings. The Labute approximate surface area is 165 Å². The quantitative estimate of drug-likeness (QED) is 0.484. The molecule has 9 heteroatoms. The summed E-state index contributed by atoms with van der Waals surface area (Å²) in [5, 5.41) is 18.9. The first kappa shape index (κ1) is 18.6. The summed E-state index contributed by atoms with van der Waals surface area (Å²) in [6, 6.07) is 13.1. The van der Waals surface area contributed by atoms with Crippen LogP contribution >= 0.6 is 11.3 Å². The van der Waals surface area contributed by atoms with Crippen LogP contribution in [0.3, 0.4) is 0 Å². The van der Waals surface area contributed by atoms with E-state index in [1.165, 1.54) is 29.7 Å². The molecular weight excluding hydrogens is 398 g/mol. The van der Waals surface area contributed by atoms with Crippen LogP contribution in [-0.2, 0) is 15.6 Å². The van der Waals surface area contributed by atoms with Gasteiger partial charge in [-0.25, -0.2) is 17.8 Å². The van der Waals surface area contributed by atoms with E-state index in [0.29, 0.717) is 5.56 Å². The van der Waals surface area contributed by atoms with E-state index in [-0.39, 0.29) is 17.2 Å². The molecule has 0 unspecified atom stereocenters. The van der Waals surface area contributed by atoms with E-state index < -0.39 is 15.6 Å². The van der Waals surface area contributed by atoms with Gasteiger partial charge in [-0.15, -0.1) is 0 Å². The molecule has 4 aromatic rings. The minimum absolute atomic E-state index is 0.0931. The maximum Gasteiger partial charge on any atom is 0.240 e. The van der Waals surface area contributed by atoms with Gasteiger partial charge >= 0.3 is 0 Å². The van der Waals surface area contributed by atoms with Gasteiger partial charge in [-0.05, 0) is 59.3 Å². The van der Waals surface area contributed by atoms with E-state index in [4.69, 9.17) is 4.42 Å². The number of aromatic nitrogens is 2. The van der Waals surface area contributed by atoms with Crippen molar-refractivity contribution in [1.29, 1.82) is 0 Å². The maximum atomic E-state index is 12.7. The molecule has 0 amide bonds. The second-order valence-corrected chi connectivity index (χ2v) is 8.67. The lowest BCUT2D eigenvalue weighted by molar-refractivity contribution is 0.0623. The second-order valence-electron chi connectivity index (χ2n) is 6.12. The third kappa shape index (κ3) is 3.52. The summed E-state index contributed by atoms with van der Waals surface area (Å²) in [6.45, 7) is -0.263. The number of rotatable bonds is 7. The highest BCUT2D eigenvalue weighted by molar-refractivity contribution is 7.89. The number of hydrogen-bond acceptors (Lipinski definition) is 6. The molecule has 2 N–H and O–H groups in total. The van der Waals surface area contributed by atoms with Gasteiger partial charge < -0.3 is 9.52 Å². The molecule has 4 rings (SSSR count). The fourth-order valence-corrected chi connectivity index (χ4v) is 4.61. The van der Waals surface area contributed by atoms with Crippen molar-refractivity contribution in [2.75, 3.05) is 6.54 Å². The Morgan fingerprint density at radius 3 is 2.61 bits per heavy atom. The summed E-state index contributed by atoms with van der Waals surface area (Å²) in [5.74, 6) is 0.266. The summed E-state index contributed by atoms with van der Waals surface area (Å²) in [4.78, 5) is 0.0931. The van der Waals surface area contributed by atoms with Crippen LogP contribution in [0.5, 0.6) is 0 Å². The lowest BCUT2D eigenvalue weighted by Gasteiger charge is -2.25. The zero-order valence-electron chi connectivity index (χ0n) is 14.6. The number of furan rings is 1. The molecular formula is C19H17N3O4S2. The number of benzene rings is 1. The molecule has 1 aromatic carbocycles. The maximum absolute atomic E-state index is 12.7. The average molecular weight is 415 g/mol. The topological polar surface area (TPSA) is 97.4 Å². The lowest BCUT2D eigenvalue weighted by atomic mass is 9.94. The Hall–Kier alpha value is -2.72. The van der Waals surface area contributed by atoms with Crippen LogP contribution in [0.25, 0.3) is 5.69 Å². The molecule has 0 bridgehead atoms. The summed E-state index contributed by atoms with van der Waals surface area (Å²) >= 11 is 1.41. The highest BCUT2D eigenvalue weighted by atomic mass is 32.2. The average Bonchev–Trinajstić information content (AvgIpc) is 3.49. The number of thiophene rings is 1. The predicted octanol–water partition coefficient (Wildman–Crippen LogP) is 2.74. The first-order chi connectivity index (χ1) is 13.5. The first-order valence-electron chi connectivity index (χ1n) is 8.38. The number of sulfonamides is 1. The van der Waals surface area contributed by atoms with Crippen molar-refractivity contribution < 1.29 is 17.9 Å². The minimum atomic E-state index is -3.84. The number of nitrogens with zero attached hydrogens (tertiary/aromatic N) is 2. The second kappa shape index (κ2) is 7.36. The standard InChI is InChI=1S/C19H17N3O4S2/c23-19(15-8-12-27-13-15,18-3-1-11-26-18)14-21-28(24,25)17-6-4-16(5-7-17)22-10-2-9-20-22/h1-13,21,23H,14H2/t19-/m0/s1. The van der Waals surface area contributed by atoms with Crippen LogP contribution in [-0.4, -0.2) is 29.8 Å². The Balaban J connectivity index is 1.57. The fraction of sp³-hybridized carbons (Fsp3) is 0.105. The van der Waals surface area contributed by atoms with Crippen molar-refractivity contribution in [3.63, 3.8) is 0 Å². The smallest absolute Gasteiger partial charge is 0.240 e. The van der Waals surface area contributed by atoms with E-state index in [2.05, 4.69) is 9.82 Å².